The van der Waals surface area contributed by atoms with E-state index in [-0.39, 0.29) is 35.3 Å². The summed E-state index contributed by atoms with van der Waals surface area (Å²) >= 11 is 0. The third-order valence-electron chi connectivity index (χ3n) is 1.71. The molecule has 0 saturated heterocycles. The molecule has 80 valence electrons. The maximum Gasteiger partial charge on any atom is 1.00 e. The quantitative estimate of drug-likeness (QED) is 0.165. The molecule has 0 bridgehead atoms. The standard InChI is InChI=1S/C10H16O4.Na/c1-3-4-5-6-8(11)7-9(12)10(13)14-2;/h7,12H,3-6H2,1-2H3;/q;+1/p-1/b9-7-;. The molecule has 0 unspecified atom stereocenters. The minimum atomic E-state index is -0.992. The van der Waals surface area contributed by atoms with Crippen LogP contribution < -0.4 is 34.7 Å². The molecule has 0 amide bonds. The van der Waals surface area contributed by atoms with Crippen molar-refractivity contribution in [2.75, 3.05) is 7.11 Å². The molecule has 0 aromatic carbocycles. The molecule has 0 atom stereocenters. The Morgan fingerprint density at radius 2 is 1.93 bits per heavy atom. The number of ether oxygens (including phenoxy) is 1. The van der Waals surface area contributed by atoms with Crippen LogP contribution in [0.5, 0.6) is 0 Å². The average molecular weight is 222 g/mol. The van der Waals surface area contributed by atoms with Crippen LogP contribution in [0.2, 0.25) is 0 Å². The number of unbranched alkanes of at least 4 members (excludes halogenated alkanes) is 2. The normalized spacial score (nSPS) is 10.4. The van der Waals surface area contributed by atoms with Crippen molar-refractivity contribution in [3.05, 3.63) is 11.8 Å². The maximum atomic E-state index is 11.1. The van der Waals surface area contributed by atoms with E-state index in [0.29, 0.717) is 6.42 Å². The summed E-state index contributed by atoms with van der Waals surface area (Å²) in [7, 11) is 1.11. The summed E-state index contributed by atoms with van der Waals surface area (Å²) in [4.78, 5) is 21.7. The average Bonchev–Trinajstić information content (AvgIpc) is 2.16. The Labute approximate surface area is 112 Å². The molecule has 0 aliphatic carbocycles. The van der Waals surface area contributed by atoms with Crippen LogP contribution in [0.4, 0.5) is 0 Å². The van der Waals surface area contributed by atoms with Gasteiger partial charge in [-0.05, 0) is 18.3 Å². The first-order valence-electron chi connectivity index (χ1n) is 4.61. The van der Waals surface area contributed by atoms with Gasteiger partial charge in [-0.25, -0.2) is 4.79 Å². The second kappa shape index (κ2) is 10.2. The van der Waals surface area contributed by atoms with Crippen LogP contribution in [-0.4, -0.2) is 18.9 Å². The SMILES string of the molecule is CCCCCC(=O)/C=C(\[O-])C(=O)OC.[Na+]. The van der Waals surface area contributed by atoms with E-state index < -0.39 is 11.7 Å². The third kappa shape index (κ3) is 8.66. The van der Waals surface area contributed by atoms with Gasteiger partial charge in [0.1, 0.15) is 0 Å². The number of carbonyl (C=O) groups excluding carboxylic acids is 2. The molecule has 0 saturated carbocycles. The predicted octanol–water partition coefficient (Wildman–Crippen LogP) is -2.44. The largest absolute Gasteiger partial charge is 1.00 e. The fourth-order valence-electron chi connectivity index (χ4n) is 0.927. The number of hydrogen-bond acceptors (Lipinski definition) is 4. The molecular weight excluding hydrogens is 207 g/mol. The van der Waals surface area contributed by atoms with Crippen molar-refractivity contribution >= 4 is 11.8 Å². The Balaban J connectivity index is 0. The molecule has 0 spiro atoms. The van der Waals surface area contributed by atoms with E-state index in [0.717, 1.165) is 32.4 Å². The van der Waals surface area contributed by atoms with Crippen LogP contribution >= 0.6 is 0 Å². The minimum absolute atomic E-state index is 0. The smallest absolute Gasteiger partial charge is 0.868 e. The van der Waals surface area contributed by atoms with Crippen molar-refractivity contribution in [1.29, 1.82) is 0 Å². The fourth-order valence-corrected chi connectivity index (χ4v) is 0.927. The van der Waals surface area contributed by atoms with Crippen LogP contribution in [0.3, 0.4) is 0 Å². The van der Waals surface area contributed by atoms with E-state index in [2.05, 4.69) is 4.74 Å². The van der Waals surface area contributed by atoms with Gasteiger partial charge in [0.05, 0.1) is 7.11 Å². The predicted molar refractivity (Wildman–Crippen MR) is 49.2 cm³/mol. The van der Waals surface area contributed by atoms with Crippen LogP contribution in [0, 0.1) is 0 Å². The van der Waals surface area contributed by atoms with Crippen molar-refractivity contribution in [3.63, 3.8) is 0 Å². The second-order valence-corrected chi connectivity index (χ2v) is 2.92. The number of carbonyl (C=O) groups is 2. The Kier molecular flexibility index (Phi) is 11.6. The van der Waals surface area contributed by atoms with E-state index in [1.165, 1.54) is 0 Å². The van der Waals surface area contributed by atoms with Gasteiger partial charge < -0.3 is 9.84 Å². The Morgan fingerprint density at radius 3 is 2.40 bits per heavy atom. The van der Waals surface area contributed by atoms with Gasteiger partial charge in [-0.15, -0.1) is 0 Å². The molecule has 0 radical (unpaired) electrons. The van der Waals surface area contributed by atoms with E-state index in [4.69, 9.17) is 0 Å². The number of ketones is 1. The monoisotopic (exact) mass is 222 g/mol. The maximum absolute atomic E-state index is 11.1. The van der Waals surface area contributed by atoms with Crippen LogP contribution in [-0.2, 0) is 14.3 Å². The van der Waals surface area contributed by atoms with Crippen LogP contribution in [0.15, 0.2) is 11.8 Å². The first-order valence-corrected chi connectivity index (χ1v) is 4.61. The van der Waals surface area contributed by atoms with Gasteiger partial charge >= 0.3 is 35.5 Å². The molecule has 0 fully saturated rings. The van der Waals surface area contributed by atoms with Crippen molar-refractivity contribution < 1.29 is 49.0 Å². The van der Waals surface area contributed by atoms with Crippen molar-refractivity contribution in [3.8, 4) is 0 Å². The zero-order valence-electron chi connectivity index (χ0n) is 9.54. The summed E-state index contributed by atoms with van der Waals surface area (Å²) in [5, 5.41) is 10.9. The first kappa shape index (κ1) is 17.1. The molecular formula is C10H15NaO4. The van der Waals surface area contributed by atoms with Gasteiger partial charge in [-0.1, -0.05) is 19.8 Å². The molecule has 0 aromatic rings. The Morgan fingerprint density at radius 1 is 1.33 bits per heavy atom. The van der Waals surface area contributed by atoms with E-state index in [1.54, 1.807) is 0 Å². The topological polar surface area (TPSA) is 66.4 Å². The van der Waals surface area contributed by atoms with E-state index in [9.17, 15) is 14.7 Å². The van der Waals surface area contributed by atoms with E-state index >= 15 is 0 Å². The van der Waals surface area contributed by atoms with Gasteiger partial charge in [0.25, 0.3) is 0 Å². The molecule has 0 rings (SSSR count). The van der Waals surface area contributed by atoms with Crippen LogP contribution in [0.25, 0.3) is 0 Å². The second-order valence-electron chi connectivity index (χ2n) is 2.92. The zero-order chi connectivity index (χ0) is 11.0. The third-order valence-corrected chi connectivity index (χ3v) is 1.71. The molecule has 0 aromatic heterocycles. The number of allylic oxidation sites excluding steroid dienone is 1. The molecule has 0 aliphatic heterocycles. The fraction of sp³-hybridized carbons (Fsp3) is 0.600. The molecule has 0 aliphatic rings. The molecule has 5 heteroatoms. The van der Waals surface area contributed by atoms with Crippen molar-refractivity contribution in [2.24, 2.45) is 0 Å². The van der Waals surface area contributed by atoms with Crippen molar-refractivity contribution in [2.45, 2.75) is 32.6 Å². The molecule has 0 heterocycles. The Hall–Kier alpha value is -0.320. The molecule has 15 heavy (non-hydrogen) atoms. The van der Waals surface area contributed by atoms with Gasteiger partial charge in [-0.3, -0.25) is 4.79 Å². The first-order chi connectivity index (χ1) is 6.61. The van der Waals surface area contributed by atoms with Gasteiger partial charge in [-0.2, -0.15) is 0 Å². The summed E-state index contributed by atoms with van der Waals surface area (Å²) in [5.74, 6) is -2.18. The summed E-state index contributed by atoms with van der Waals surface area (Å²) in [6.07, 6.45) is 3.84. The molecule has 0 N–H and O–H groups in total. The van der Waals surface area contributed by atoms with Crippen LogP contribution in [0.1, 0.15) is 32.6 Å². The number of rotatable bonds is 6. The number of esters is 1. The number of hydrogen-bond donors (Lipinski definition) is 0. The zero-order valence-corrected chi connectivity index (χ0v) is 11.5. The van der Waals surface area contributed by atoms with E-state index in [1.807, 2.05) is 6.92 Å². The van der Waals surface area contributed by atoms with Gasteiger partial charge in [0.2, 0.25) is 0 Å². The van der Waals surface area contributed by atoms with Gasteiger partial charge in [0, 0.05) is 6.42 Å². The summed E-state index contributed by atoms with van der Waals surface area (Å²) in [6.45, 7) is 2.02. The number of methoxy groups -OCH3 is 1. The summed E-state index contributed by atoms with van der Waals surface area (Å²) < 4.78 is 4.17. The minimum Gasteiger partial charge on any atom is -0.868 e. The summed E-state index contributed by atoms with van der Waals surface area (Å²) in [5.41, 5.74) is 0. The molecule has 4 nitrogen and oxygen atoms in total. The Bertz CT molecular complexity index is 236. The summed E-state index contributed by atoms with van der Waals surface area (Å²) in [6, 6.07) is 0. The van der Waals surface area contributed by atoms with Crippen molar-refractivity contribution in [1.82, 2.24) is 0 Å². The van der Waals surface area contributed by atoms with Gasteiger partial charge in [0.15, 0.2) is 5.78 Å².